The van der Waals surface area contributed by atoms with Crippen molar-refractivity contribution in [3.63, 3.8) is 0 Å². The van der Waals surface area contributed by atoms with Crippen LogP contribution in [0.4, 0.5) is 5.13 Å². The van der Waals surface area contributed by atoms with Gasteiger partial charge in [-0.25, -0.2) is 9.97 Å². The topological polar surface area (TPSA) is 86.1 Å². The van der Waals surface area contributed by atoms with Crippen LogP contribution < -0.4 is 10.9 Å². The van der Waals surface area contributed by atoms with E-state index in [1.54, 1.807) is 11.3 Å². The summed E-state index contributed by atoms with van der Waals surface area (Å²) < 4.78 is 7.63. The molecule has 4 heterocycles. The number of carbonyl (C=O) groups excluding carboxylic acids is 1. The molecule has 30 heavy (non-hydrogen) atoms. The standard InChI is InChI=1S/C20H22N4O3S3/c1-11(25)21-19-22-12(9-28-19)10-29-20-23-17-16(14-5-2-6-15(14)30-17)18(26)24(20)8-13-4-3-7-27-13/h9,13H,2-8,10H2,1H3,(H,21,22,25)/t13-/m1/s1. The first-order chi connectivity index (χ1) is 14.6. The summed E-state index contributed by atoms with van der Waals surface area (Å²) in [6, 6.07) is 0. The van der Waals surface area contributed by atoms with Gasteiger partial charge in [0, 0.05) is 29.5 Å². The number of thiazole rings is 1. The number of fused-ring (bicyclic) bond motifs is 3. The molecule has 1 fully saturated rings. The summed E-state index contributed by atoms with van der Waals surface area (Å²) in [6.07, 6.45) is 5.23. The van der Waals surface area contributed by atoms with Gasteiger partial charge in [-0.05, 0) is 37.7 Å². The molecule has 0 unspecified atom stereocenters. The molecule has 1 N–H and O–H groups in total. The van der Waals surface area contributed by atoms with Crippen LogP contribution in [0.3, 0.4) is 0 Å². The van der Waals surface area contributed by atoms with E-state index >= 15 is 0 Å². The number of hydrogen-bond donors (Lipinski definition) is 1. The van der Waals surface area contributed by atoms with Gasteiger partial charge in [-0.1, -0.05) is 11.8 Å². The fraction of sp³-hybridized carbons (Fsp3) is 0.500. The van der Waals surface area contributed by atoms with E-state index in [-0.39, 0.29) is 17.6 Å². The van der Waals surface area contributed by atoms with Crippen LogP contribution >= 0.6 is 34.4 Å². The number of aryl methyl sites for hydroxylation is 2. The van der Waals surface area contributed by atoms with Crippen LogP contribution in [0, 0.1) is 0 Å². The summed E-state index contributed by atoms with van der Waals surface area (Å²) in [7, 11) is 0. The molecule has 10 heteroatoms. The van der Waals surface area contributed by atoms with Gasteiger partial charge in [0.05, 0.1) is 23.7 Å². The second-order valence-electron chi connectivity index (χ2n) is 7.60. The number of thiophene rings is 1. The Morgan fingerprint density at radius 2 is 2.27 bits per heavy atom. The van der Waals surface area contributed by atoms with E-state index in [0.717, 1.165) is 59.8 Å². The highest BCUT2D eigenvalue weighted by Crippen LogP contribution is 2.36. The fourth-order valence-corrected chi connectivity index (χ4v) is 7.11. The normalized spacial score (nSPS) is 18.2. The van der Waals surface area contributed by atoms with Gasteiger partial charge < -0.3 is 10.1 Å². The highest BCUT2D eigenvalue weighted by molar-refractivity contribution is 7.98. The quantitative estimate of drug-likeness (QED) is 0.443. The van der Waals surface area contributed by atoms with Gasteiger partial charge in [-0.15, -0.1) is 22.7 Å². The molecular formula is C20H22N4O3S3. The lowest BCUT2D eigenvalue weighted by molar-refractivity contribution is -0.114. The lowest BCUT2D eigenvalue weighted by Crippen LogP contribution is -2.28. The van der Waals surface area contributed by atoms with Crippen LogP contribution in [0.2, 0.25) is 0 Å². The zero-order valence-corrected chi connectivity index (χ0v) is 19.1. The Morgan fingerprint density at radius 3 is 3.07 bits per heavy atom. The van der Waals surface area contributed by atoms with E-state index in [1.807, 2.05) is 9.95 Å². The third-order valence-corrected chi connectivity index (χ3v) is 8.39. The Kier molecular flexibility index (Phi) is 5.65. The van der Waals surface area contributed by atoms with E-state index < -0.39 is 0 Å². The average molecular weight is 463 g/mol. The minimum absolute atomic E-state index is 0.0645. The summed E-state index contributed by atoms with van der Waals surface area (Å²) >= 11 is 4.59. The summed E-state index contributed by atoms with van der Waals surface area (Å²) in [5, 5.41) is 6.77. The van der Waals surface area contributed by atoms with Crippen molar-refractivity contribution >= 4 is 55.7 Å². The van der Waals surface area contributed by atoms with Gasteiger partial charge in [0.25, 0.3) is 5.56 Å². The number of anilines is 1. The number of nitrogens with one attached hydrogen (secondary N) is 1. The van der Waals surface area contributed by atoms with Gasteiger partial charge >= 0.3 is 0 Å². The van der Waals surface area contributed by atoms with Crippen molar-refractivity contribution in [2.24, 2.45) is 0 Å². The van der Waals surface area contributed by atoms with Crippen LogP contribution in [0.25, 0.3) is 10.2 Å². The molecule has 1 aliphatic carbocycles. The lowest BCUT2D eigenvalue weighted by Gasteiger charge is -2.15. The highest BCUT2D eigenvalue weighted by Gasteiger charge is 2.25. The number of rotatable bonds is 6. The minimum Gasteiger partial charge on any atom is -0.376 e. The number of thioether (sulfide) groups is 1. The van der Waals surface area contributed by atoms with Gasteiger partial charge in [-0.2, -0.15) is 0 Å². The molecule has 0 saturated carbocycles. The maximum atomic E-state index is 13.5. The number of aromatic nitrogens is 3. The summed E-state index contributed by atoms with van der Waals surface area (Å²) in [4.78, 5) is 36.3. The Labute approximate surface area is 185 Å². The van der Waals surface area contributed by atoms with Crippen molar-refractivity contribution in [2.45, 2.75) is 62.6 Å². The zero-order valence-electron chi connectivity index (χ0n) is 16.6. The molecule has 5 rings (SSSR count). The zero-order chi connectivity index (χ0) is 20.7. The molecule has 0 radical (unpaired) electrons. The second-order valence-corrected chi connectivity index (χ2v) is 10.5. The predicted molar refractivity (Wildman–Crippen MR) is 121 cm³/mol. The van der Waals surface area contributed by atoms with E-state index in [0.29, 0.717) is 17.4 Å². The Hall–Kier alpha value is -1.75. The summed E-state index contributed by atoms with van der Waals surface area (Å²) in [6.45, 7) is 2.77. The molecule has 158 valence electrons. The molecule has 1 aliphatic heterocycles. The molecule has 1 saturated heterocycles. The van der Waals surface area contributed by atoms with Crippen LogP contribution in [-0.4, -0.2) is 33.2 Å². The first kappa shape index (κ1) is 20.2. The highest BCUT2D eigenvalue weighted by atomic mass is 32.2. The number of carbonyl (C=O) groups is 1. The SMILES string of the molecule is CC(=O)Nc1nc(CSc2nc3sc4c(c3c(=O)n2C[C@H]2CCCO2)CCC4)cs1. The first-order valence-electron chi connectivity index (χ1n) is 10.1. The molecule has 1 amide bonds. The van der Waals surface area contributed by atoms with E-state index in [1.165, 1.54) is 40.5 Å². The Morgan fingerprint density at radius 1 is 1.37 bits per heavy atom. The van der Waals surface area contributed by atoms with E-state index in [4.69, 9.17) is 9.72 Å². The molecule has 0 aromatic carbocycles. The monoisotopic (exact) mass is 462 g/mol. The number of amides is 1. The average Bonchev–Trinajstić information content (AvgIpc) is 3.47. The van der Waals surface area contributed by atoms with E-state index in [9.17, 15) is 9.59 Å². The van der Waals surface area contributed by atoms with Crippen molar-refractivity contribution in [3.05, 3.63) is 31.9 Å². The number of hydrogen-bond acceptors (Lipinski definition) is 8. The lowest BCUT2D eigenvalue weighted by atomic mass is 10.2. The largest absolute Gasteiger partial charge is 0.376 e. The maximum Gasteiger partial charge on any atom is 0.263 e. The van der Waals surface area contributed by atoms with Gasteiger partial charge in [0.2, 0.25) is 5.91 Å². The van der Waals surface area contributed by atoms with Gasteiger partial charge in [-0.3, -0.25) is 14.2 Å². The first-order valence-corrected chi connectivity index (χ1v) is 12.8. The van der Waals surface area contributed by atoms with Crippen molar-refractivity contribution in [1.82, 2.24) is 14.5 Å². The molecule has 0 bridgehead atoms. The molecule has 3 aromatic rings. The van der Waals surface area contributed by atoms with Crippen LogP contribution in [0.5, 0.6) is 0 Å². The van der Waals surface area contributed by atoms with Crippen LogP contribution in [-0.2, 0) is 34.7 Å². The third kappa shape index (κ3) is 3.93. The number of nitrogens with zero attached hydrogens (tertiary/aromatic N) is 3. The van der Waals surface area contributed by atoms with E-state index in [2.05, 4.69) is 10.3 Å². The molecular weight excluding hydrogens is 440 g/mol. The molecule has 3 aromatic heterocycles. The summed E-state index contributed by atoms with van der Waals surface area (Å²) in [5.74, 6) is 0.455. The maximum absolute atomic E-state index is 13.5. The number of ether oxygens (including phenoxy) is 1. The van der Waals surface area contributed by atoms with Crippen molar-refractivity contribution in [1.29, 1.82) is 0 Å². The molecule has 0 spiro atoms. The van der Waals surface area contributed by atoms with Crippen molar-refractivity contribution < 1.29 is 9.53 Å². The second kappa shape index (κ2) is 8.41. The van der Waals surface area contributed by atoms with Crippen molar-refractivity contribution in [2.75, 3.05) is 11.9 Å². The molecule has 2 aliphatic rings. The van der Waals surface area contributed by atoms with Gasteiger partial charge in [0.15, 0.2) is 10.3 Å². The predicted octanol–water partition coefficient (Wildman–Crippen LogP) is 3.83. The minimum atomic E-state index is -0.133. The Balaban J connectivity index is 1.47. The summed E-state index contributed by atoms with van der Waals surface area (Å²) in [5.41, 5.74) is 2.14. The van der Waals surface area contributed by atoms with Gasteiger partial charge in [0.1, 0.15) is 4.83 Å². The third-order valence-electron chi connectivity index (χ3n) is 5.38. The van der Waals surface area contributed by atoms with Crippen LogP contribution in [0.15, 0.2) is 15.3 Å². The van der Waals surface area contributed by atoms with Crippen molar-refractivity contribution in [3.8, 4) is 0 Å². The fourth-order valence-electron chi connectivity index (χ4n) is 4.04. The Bertz CT molecular complexity index is 1160. The molecule has 7 nitrogen and oxygen atoms in total. The van der Waals surface area contributed by atoms with Crippen LogP contribution in [0.1, 0.15) is 42.3 Å². The molecule has 1 atom stereocenters. The smallest absolute Gasteiger partial charge is 0.263 e.